The van der Waals surface area contributed by atoms with Gasteiger partial charge >= 0.3 is 0 Å². The van der Waals surface area contributed by atoms with Crippen LogP contribution in [0.3, 0.4) is 0 Å². The van der Waals surface area contributed by atoms with Crippen LogP contribution < -0.4 is 14.9 Å². The smallest absolute Gasteiger partial charge is 0.200 e. The Labute approximate surface area is 138 Å². The first-order chi connectivity index (χ1) is 11.6. The van der Waals surface area contributed by atoms with Crippen LogP contribution in [-0.4, -0.2) is 19.5 Å². The number of hydrogen-bond acceptors (Lipinski definition) is 5. The van der Waals surface area contributed by atoms with Gasteiger partial charge < -0.3 is 13.9 Å². The minimum Gasteiger partial charge on any atom is -0.496 e. The molecule has 0 atom stereocenters. The van der Waals surface area contributed by atoms with Crippen molar-refractivity contribution in [2.75, 3.05) is 13.7 Å². The number of para-hydroxylation sites is 1. The van der Waals surface area contributed by atoms with Gasteiger partial charge in [0.05, 0.1) is 18.1 Å². The van der Waals surface area contributed by atoms with E-state index in [-0.39, 0.29) is 17.8 Å². The highest BCUT2D eigenvalue weighted by Crippen LogP contribution is 2.29. The van der Waals surface area contributed by atoms with Gasteiger partial charge in [-0.25, -0.2) is 0 Å². The zero-order chi connectivity index (χ0) is 17.1. The topological polar surface area (TPSA) is 65.7 Å². The molecule has 3 rings (SSSR count). The molecule has 122 valence electrons. The fraction of sp³-hybridized carbons (Fsp3) is 0.158. The molecule has 0 spiro atoms. The Morgan fingerprint density at radius 1 is 1.12 bits per heavy atom. The van der Waals surface area contributed by atoms with E-state index in [0.717, 1.165) is 0 Å². The Morgan fingerprint density at radius 2 is 1.92 bits per heavy atom. The summed E-state index contributed by atoms with van der Waals surface area (Å²) in [4.78, 5) is 23.8. The van der Waals surface area contributed by atoms with Crippen LogP contribution in [-0.2, 0) is 4.79 Å². The number of carbonyl (C=O) groups is 1. The molecule has 1 aromatic heterocycles. The van der Waals surface area contributed by atoms with Gasteiger partial charge in [-0.3, -0.25) is 9.59 Å². The maximum absolute atomic E-state index is 12.8. The molecular weight excluding hydrogens is 308 g/mol. The summed E-state index contributed by atoms with van der Waals surface area (Å²) in [7, 11) is 1.56. The minimum absolute atomic E-state index is 0.0188. The number of ketones is 1. The Balaban J connectivity index is 2.07. The van der Waals surface area contributed by atoms with Crippen molar-refractivity contribution < 1.29 is 18.7 Å². The van der Waals surface area contributed by atoms with E-state index in [1.807, 2.05) is 12.1 Å². The second-order valence-electron chi connectivity index (χ2n) is 5.33. The summed E-state index contributed by atoms with van der Waals surface area (Å²) in [5.41, 5.74) is 1.35. The minimum atomic E-state index is -0.154. The van der Waals surface area contributed by atoms with E-state index in [4.69, 9.17) is 13.9 Å². The normalized spacial score (nSPS) is 10.6. The number of hydrogen-bond donors (Lipinski definition) is 0. The second kappa shape index (κ2) is 6.58. The Kier molecular flexibility index (Phi) is 4.33. The van der Waals surface area contributed by atoms with E-state index < -0.39 is 0 Å². The summed E-state index contributed by atoms with van der Waals surface area (Å²) < 4.78 is 16.2. The molecular formula is C19H16O5. The van der Waals surface area contributed by atoms with Crippen molar-refractivity contribution in [3.05, 3.63) is 59.0 Å². The largest absolute Gasteiger partial charge is 0.496 e. The van der Waals surface area contributed by atoms with Crippen LogP contribution in [0.1, 0.15) is 6.92 Å². The molecule has 0 N–H and O–H groups in total. The van der Waals surface area contributed by atoms with Crippen LogP contribution in [0.25, 0.3) is 22.1 Å². The zero-order valence-electron chi connectivity index (χ0n) is 13.4. The lowest BCUT2D eigenvalue weighted by molar-refractivity contribution is -0.118. The van der Waals surface area contributed by atoms with Crippen LogP contribution in [0.4, 0.5) is 0 Å². The van der Waals surface area contributed by atoms with Gasteiger partial charge in [0, 0.05) is 11.6 Å². The maximum atomic E-state index is 12.8. The predicted octanol–water partition coefficient (Wildman–Crippen LogP) is 3.44. The molecule has 0 aliphatic rings. The summed E-state index contributed by atoms with van der Waals surface area (Å²) in [5, 5.41) is 0.439. The van der Waals surface area contributed by atoms with Gasteiger partial charge in [0.2, 0.25) is 5.43 Å². The summed E-state index contributed by atoms with van der Waals surface area (Å²) >= 11 is 0. The highest BCUT2D eigenvalue weighted by atomic mass is 16.5. The van der Waals surface area contributed by atoms with Crippen LogP contribution in [0.15, 0.2) is 57.9 Å². The van der Waals surface area contributed by atoms with Crippen LogP contribution >= 0.6 is 0 Å². The summed E-state index contributed by atoms with van der Waals surface area (Å²) in [6.45, 7) is 1.43. The molecule has 0 aliphatic heterocycles. The monoisotopic (exact) mass is 324 g/mol. The molecule has 0 radical (unpaired) electrons. The van der Waals surface area contributed by atoms with Crippen molar-refractivity contribution >= 4 is 16.8 Å². The number of fused-ring (bicyclic) bond motifs is 1. The van der Waals surface area contributed by atoms with E-state index in [9.17, 15) is 9.59 Å². The molecule has 3 aromatic rings. The van der Waals surface area contributed by atoms with Crippen molar-refractivity contribution in [2.24, 2.45) is 0 Å². The van der Waals surface area contributed by atoms with E-state index >= 15 is 0 Å². The fourth-order valence-electron chi connectivity index (χ4n) is 2.44. The average molecular weight is 324 g/mol. The lowest BCUT2D eigenvalue weighted by Gasteiger charge is -2.09. The summed E-state index contributed by atoms with van der Waals surface area (Å²) in [6.07, 6.45) is 1.41. The SMILES string of the molecule is COc1ccccc1-c1coc2cc(OCC(C)=O)ccc2c1=O. The van der Waals surface area contributed by atoms with E-state index in [2.05, 4.69) is 0 Å². The third-order valence-electron chi connectivity index (χ3n) is 3.59. The first-order valence-electron chi connectivity index (χ1n) is 7.41. The molecule has 0 amide bonds. The van der Waals surface area contributed by atoms with Crippen molar-refractivity contribution in [3.63, 3.8) is 0 Å². The Hall–Kier alpha value is -3.08. The predicted molar refractivity (Wildman–Crippen MR) is 90.6 cm³/mol. The standard InChI is InChI=1S/C19H16O5/c1-12(20)10-23-13-7-8-15-18(9-13)24-11-16(19(15)21)14-5-3-4-6-17(14)22-2/h3-9,11H,10H2,1-2H3. The first kappa shape index (κ1) is 15.8. The summed E-state index contributed by atoms with van der Waals surface area (Å²) in [5.74, 6) is 1.000. The first-order valence-corrected chi connectivity index (χ1v) is 7.41. The lowest BCUT2D eigenvalue weighted by Crippen LogP contribution is -2.08. The van der Waals surface area contributed by atoms with Crippen LogP contribution in [0.5, 0.6) is 11.5 Å². The lowest BCUT2D eigenvalue weighted by atomic mass is 10.0. The zero-order valence-corrected chi connectivity index (χ0v) is 13.4. The number of Topliss-reactive ketones (excluding diaryl/α,β-unsaturated/α-hetero) is 1. The number of benzene rings is 2. The Morgan fingerprint density at radius 3 is 2.67 bits per heavy atom. The van der Waals surface area contributed by atoms with E-state index in [1.165, 1.54) is 13.2 Å². The quantitative estimate of drug-likeness (QED) is 0.719. The van der Waals surface area contributed by atoms with E-state index in [0.29, 0.717) is 33.6 Å². The van der Waals surface area contributed by atoms with Gasteiger partial charge in [-0.1, -0.05) is 18.2 Å². The molecule has 24 heavy (non-hydrogen) atoms. The molecule has 2 aromatic carbocycles. The molecule has 5 heteroatoms. The number of rotatable bonds is 5. The average Bonchev–Trinajstić information content (AvgIpc) is 2.60. The molecule has 0 bridgehead atoms. The number of methoxy groups -OCH3 is 1. The molecule has 0 unspecified atom stereocenters. The highest BCUT2D eigenvalue weighted by molar-refractivity contribution is 5.84. The van der Waals surface area contributed by atoms with Crippen molar-refractivity contribution in [2.45, 2.75) is 6.92 Å². The van der Waals surface area contributed by atoms with Gasteiger partial charge in [-0.2, -0.15) is 0 Å². The fourth-order valence-corrected chi connectivity index (χ4v) is 2.44. The van der Waals surface area contributed by atoms with E-state index in [1.54, 1.807) is 37.4 Å². The van der Waals surface area contributed by atoms with Crippen LogP contribution in [0.2, 0.25) is 0 Å². The molecule has 5 nitrogen and oxygen atoms in total. The van der Waals surface area contributed by atoms with Gasteiger partial charge in [0.15, 0.2) is 5.78 Å². The van der Waals surface area contributed by atoms with Crippen LogP contribution in [0, 0.1) is 0 Å². The van der Waals surface area contributed by atoms with Crippen molar-refractivity contribution in [3.8, 4) is 22.6 Å². The second-order valence-corrected chi connectivity index (χ2v) is 5.33. The third-order valence-corrected chi connectivity index (χ3v) is 3.59. The van der Waals surface area contributed by atoms with Crippen molar-refractivity contribution in [1.82, 2.24) is 0 Å². The molecule has 0 aliphatic carbocycles. The Bertz CT molecular complexity index is 955. The van der Waals surface area contributed by atoms with Gasteiger partial charge in [-0.15, -0.1) is 0 Å². The number of carbonyl (C=O) groups excluding carboxylic acids is 1. The molecule has 0 saturated carbocycles. The van der Waals surface area contributed by atoms with Gasteiger partial charge in [0.1, 0.15) is 30.0 Å². The van der Waals surface area contributed by atoms with Gasteiger partial charge in [-0.05, 0) is 25.1 Å². The third kappa shape index (κ3) is 3.01. The summed E-state index contributed by atoms with van der Waals surface area (Å²) in [6, 6.07) is 12.2. The molecule has 0 fully saturated rings. The molecule has 0 saturated heterocycles. The maximum Gasteiger partial charge on any atom is 0.200 e. The highest BCUT2D eigenvalue weighted by Gasteiger charge is 2.13. The molecule has 1 heterocycles. The van der Waals surface area contributed by atoms with Crippen molar-refractivity contribution in [1.29, 1.82) is 0 Å². The van der Waals surface area contributed by atoms with Gasteiger partial charge in [0.25, 0.3) is 0 Å². The number of ether oxygens (including phenoxy) is 2.